The summed E-state index contributed by atoms with van der Waals surface area (Å²) in [6.07, 6.45) is 4.26. The molecule has 0 heterocycles. The summed E-state index contributed by atoms with van der Waals surface area (Å²) < 4.78 is 10.5. The number of rotatable bonds is 8. The van der Waals surface area contributed by atoms with Crippen LogP contribution in [-0.2, 0) is 11.2 Å². The van der Waals surface area contributed by atoms with Crippen molar-refractivity contribution in [1.29, 1.82) is 0 Å². The quantitative estimate of drug-likeness (QED) is 0.627. The van der Waals surface area contributed by atoms with Crippen molar-refractivity contribution in [2.24, 2.45) is 0 Å². The SMILES string of the molecule is [CH2]CCOCCCCc1ccc(OC)cc1. The summed E-state index contributed by atoms with van der Waals surface area (Å²) in [7, 11) is 1.69. The van der Waals surface area contributed by atoms with Gasteiger partial charge in [0.1, 0.15) is 5.75 Å². The van der Waals surface area contributed by atoms with Crippen molar-refractivity contribution in [3.8, 4) is 5.75 Å². The van der Waals surface area contributed by atoms with Crippen LogP contribution in [0.2, 0.25) is 0 Å². The van der Waals surface area contributed by atoms with E-state index in [0.717, 1.165) is 38.2 Å². The predicted octanol–water partition coefficient (Wildman–Crippen LogP) is 3.26. The van der Waals surface area contributed by atoms with Crippen molar-refractivity contribution in [3.05, 3.63) is 36.8 Å². The second kappa shape index (κ2) is 8.17. The first-order valence-corrected chi connectivity index (χ1v) is 5.86. The Kier molecular flexibility index (Phi) is 6.66. The average molecular weight is 221 g/mol. The Labute approximate surface area is 98.6 Å². The fraction of sp³-hybridized carbons (Fsp3) is 0.500. The molecule has 0 fully saturated rings. The van der Waals surface area contributed by atoms with E-state index in [0.29, 0.717) is 0 Å². The molecule has 0 bridgehead atoms. The van der Waals surface area contributed by atoms with Crippen LogP contribution in [0, 0.1) is 6.92 Å². The van der Waals surface area contributed by atoms with Crippen molar-refractivity contribution in [1.82, 2.24) is 0 Å². The normalized spacial score (nSPS) is 10.4. The molecule has 0 spiro atoms. The molecule has 16 heavy (non-hydrogen) atoms. The number of methoxy groups -OCH3 is 1. The van der Waals surface area contributed by atoms with Gasteiger partial charge in [0.15, 0.2) is 0 Å². The van der Waals surface area contributed by atoms with Crippen LogP contribution in [-0.4, -0.2) is 20.3 Å². The molecule has 0 saturated heterocycles. The molecule has 0 aliphatic heterocycles. The van der Waals surface area contributed by atoms with Gasteiger partial charge >= 0.3 is 0 Å². The van der Waals surface area contributed by atoms with E-state index in [1.807, 2.05) is 12.1 Å². The first-order valence-electron chi connectivity index (χ1n) is 5.86. The molecule has 1 aromatic carbocycles. The van der Waals surface area contributed by atoms with Gasteiger partial charge in [0.25, 0.3) is 0 Å². The van der Waals surface area contributed by atoms with Crippen LogP contribution in [0.4, 0.5) is 0 Å². The summed E-state index contributed by atoms with van der Waals surface area (Å²) in [6, 6.07) is 8.26. The third-order valence-electron chi connectivity index (χ3n) is 2.45. The molecule has 0 unspecified atom stereocenters. The van der Waals surface area contributed by atoms with E-state index in [1.165, 1.54) is 12.0 Å². The smallest absolute Gasteiger partial charge is 0.118 e. The minimum absolute atomic E-state index is 0.780. The third-order valence-corrected chi connectivity index (χ3v) is 2.45. The predicted molar refractivity (Wildman–Crippen MR) is 66.7 cm³/mol. The van der Waals surface area contributed by atoms with E-state index < -0.39 is 0 Å². The van der Waals surface area contributed by atoms with Crippen LogP contribution in [0.25, 0.3) is 0 Å². The zero-order valence-electron chi connectivity index (χ0n) is 10.1. The second-order valence-electron chi connectivity index (χ2n) is 3.77. The van der Waals surface area contributed by atoms with Crippen LogP contribution in [0.3, 0.4) is 0 Å². The fourth-order valence-corrected chi connectivity index (χ4v) is 1.53. The second-order valence-corrected chi connectivity index (χ2v) is 3.77. The lowest BCUT2D eigenvalue weighted by atomic mass is 10.1. The van der Waals surface area contributed by atoms with E-state index in [9.17, 15) is 0 Å². The molecule has 0 amide bonds. The van der Waals surface area contributed by atoms with E-state index in [-0.39, 0.29) is 0 Å². The largest absolute Gasteiger partial charge is 0.497 e. The fourth-order valence-electron chi connectivity index (χ4n) is 1.53. The topological polar surface area (TPSA) is 18.5 Å². The lowest BCUT2D eigenvalue weighted by molar-refractivity contribution is 0.134. The molecule has 0 aliphatic carbocycles. The van der Waals surface area contributed by atoms with Gasteiger partial charge in [-0.2, -0.15) is 0 Å². The average Bonchev–Trinajstić information content (AvgIpc) is 2.34. The van der Waals surface area contributed by atoms with Crippen molar-refractivity contribution in [2.45, 2.75) is 25.7 Å². The number of unbranched alkanes of at least 4 members (excludes halogenated alkanes) is 1. The molecule has 0 aromatic heterocycles. The molecule has 1 aromatic rings. The lowest BCUT2D eigenvalue weighted by Gasteiger charge is -2.04. The minimum Gasteiger partial charge on any atom is -0.497 e. The third kappa shape index (κ3) is 5.17. The van der Waals surface area contributed by atoms with E-state index in [1.54, 1.807) is 7.11 Å². The molecule has 0 atom stereocenters. The monoisotopic (exact) mass is 221 g/mol. The van der Waals surface area contributed by atoms with Gasteiger partial charge in [0.2, 0.25) is 0 Å². The van der Waals surface area contributed by atoms with Crippen molar-refractivity contribution < 1.29 is 9.47 Å². The maximum absolute atomic E-state index is 5.37. The Bertz CT molecular complexity index is 267. The Balaban J connectivity index is 2.12. The Morgan fingerprint density at radius 3 is 2.44 bits per heavy atom. The van der Waals surface area contributed by atoms with Gasteiger partial charge in [-0.05, 0) is 43.4 Å². The molecular weight excluding hydrogens is 200 g/mol. The standard InChI is InChI=1S/C14H21O2/c1-3-11-16-12-5-4-6-13-7-9-14(15-2)10-8-13/h7-10H,1,3-6,11-12H2,2H3. The van der Waals surface area contributed by atoms with Crippen LogP contribution < -0.4 is 4.74 Å². The van der Waals surface area contributed by atoms with Gasteiger partial charge < -0.3 is 9.47 Å². The van der Waals surface area contributed by atoms with Crippen molar-refractivity contribution in [3.63, 3.8) is 0 Å². The summed E-state index contributed by atoms with van der Waals surface area (Å²) in [6.45, 7) is 5.36. The molecule has 1 rings (SSSR count). The summed E-state index contributed by atoms with van der Waals surface area (Å²) in [5, 5.41) is 0. The van der Waals surface area contributed by atoms with Crippen molar-refractivity contribution >= 4 is 0 Å². The van der Waals surface area contributed by atoms with Crippen molar-refractivity contribution in [2.75, 3.05) is 20.3 Å². The van der Waals surface area contributed by atoms with Gasteiger partial charge in [-0.25, -0.2) is 0 Å². The Morgan fingerprint density at radius 1 is 1.06 bits per heavy atom. The number of hydrogen-bond acceptors (Lipinski definition) is 2. The lowest BCUT2D eigenvalue weighted by Crippen LogP contribution is -1.96. The Morgan fingerprint density at radius 2 is 1.81 bits per heavy atom. The number of ether oxygens (including phenoxy) is 2. The van der Waals surface area contributed by atoms with E-state index >= 15 is 0 Å². The molecule has 0 aliphatic rings. The Hall–Kier alpha value is -1.02. The minimum atomic E-state index is 0.780. The van der Waals surface area contributed by atoms with Gasteiger partial charge in [0.05, 0.1) is 7.11 Å². The van der Waals surface area contributed by atoms with Gasteiger partial charge in [-0.3, -0.25) is 0 Å². The number of aryl methyl sites for hydroxylation is 1. The van der Waals surface area contributed by atoms with Gasteiger partial charge in [-0.15, -0.1) is 0 Å². The van der Waals surface area contributed by atoms with Crippen LogP contribution in [0.15, 0.2) is 24.3 Å². The summed E-state index contributed by atoms with van der Waals surface area (Å²) in [4.78, 5) is 0. The first kappa shape index (κ1) is 13.0. The molecule has 0 saturated carbocycles. The maximum atomic E-state index is 5.37. The zero-order chi connectivity index (χ0) is 11.6. The summed E-state index contributed by atoms with van der Waals surface area (Å²) >= 11 is 0. The van der Waals surface area contributed by atoms with Crippen LogP contribution in [0.5, 0.6) is 5.75 Å². The van der Waals surface area contributed by atoms with Gasteiger partial charge in [0, 0.05) is 13.2 Å². The van der Waals surface area contributed by atoms with Crippen LogP contribution >= 0.6 is 0 Å². The van der Waals surface area contributed by atoms with E-state index in [2.05, 4.69) is 19.1 Å². The molecule has 2 heteroatoms. The molecule has 1 radical (unpaired) electrons. The highest BCUT2D eigenvalue weighted by molar-refractivity contribution is 5.27. The first-order chi connectivity index (χ1) is 7.86. The van der Waals surface area contributed by atoms with Gasteiger partial charge in [-0.1, -0.05) is 19.1 Å². The summed E-state index contributed by atoms with van der Waals surface area (Å²) in [5.41, 5.74) is 1.36. The zero-order valence-corrected chi connectivity index (χ0v) is 10.1. The molecule has 0 N–H and O–H groups in total. The highest BCUT2D eigenvalue weighted by Gasteiger charge is 1.95. The molecule has 2 nitrogen and oxygen atoms in total. The van der Waals surface area contributed by atoms with Crippen LogP contribution in [0.1, 0.15) is 24.8 Å². The summed E-state index contributed by atoms with van der Waals surface area (Å²) in [5.74, 6) is 0.919. The van der Waals surface area contributed by atoms with E-state index in [4.69, 9.17) is 9.47 Å². The highest BCUT2D eigenvalue weighted by atomic mass is 16.5. The molecule has 89 valence electrons. The number of benzene rings is 1. The highest BCUT2D eigenvalue weighted by Crippen LogP contribution is 2.13. The molecular formula is C14H21O2. The maximum Gasteiger partial charge on any atom is 0.118 e. The number of hydrogen-bond donors (Lipinski definition) is 0.